The number of aliphatic hydroxyl groups is 1. The third kappa shape index (κ3) is 3.55. The van der Waals surface area contributed by atoms with Gasteiger partial charge in [0, 0.05) is 38.8 Å². The van der Waals surface area contributed by atoms with Crippen LogP contribution >= 0.6 is 0 Å². The van der Waals surface area contributed by atoms with Crippen LogP contribution in [-0.2, 0) is 17.8 Å². The molecule has 29 heavy (non-hydrogen) atoms. The van der Waals surface area contributed by atoms with E-state index < -0.39 is 6.10 Å². The number of hydrogen-bond donors (Lipinski definition) is 1. The Balaban J connectivity index is 1.44. The Labute approximate surface area is 171 Å². The lowest BCUT2D eigenvalue weighted by atomic mass is 10.1. The van der Waals surface area contributed by atoms with Crippen LogP contribution in [0.15, 0.2) is 36.7 Å². The van der Waals surface area contributed by atoms with E-state index in [2.05, 4.69) is 27.5 Å². The summed E-state index contributed by atoms with van der Waals surface area (Å²) in [4.78, 5) is 23.6. The van der Waals surface area contributed by atoms with E-state index in [0.717, 1.165) is 41.9 Å². The second kappa shape index (κ2) is 7.99. The van der Waals surface area contributed by atoms with Crippen molar-refractivity contribution in [2.45, 2.75) is 64.3 Å². The minimum atomic E-state index is -0.586. The molecule has 7 heteroatoms. The van der Waals surface area contributed by atoms with Crippen LogP contribution in [0.3, 0.4) is 0 Å². The van der Waals surface area contributed by atoms with Gasteiger partial charge < -0.3 is 19.1 Å². The highest BCUT2D eigenvalue weighted by Gasteiger charge is 2.39. The number of hydrogen-bond acceptors (Lipinski definition) is 4. The fourth-order valence-electron chi connectivity index (χ4n) is 4.62. The summed E-state index contributed by atoms with van der Waals surface area (Å²) in [5.74, 6) is 1.94. The molecule has 1 N–H and O–H groups in total. The number of para-hydroxylation sites is 2. The second-order valence-corrected chi connectivity index (χ2v) is 7.86. The van der Waals surface area contributed by atoms with Crippen LogP contribution in [0.25, 0.3) is 11.0 Å². The van der Waals surface area contributed by atoms with Crippen molar-refractivity contribution in [3.05, 3.63) is 48.3 Å². The summed E-state index contributed by atoms with van der Waals surface area (Å²) in [7, 11) is 1.81. The Morgan fingerprint density at radius 3 is 2.83 bits per heavy atom. The van der Waals surface area contributed by atoms with Crippen molar-refractivity contribution < 1.29 is 9.90 Å². The summed E-state index contributed by atoms with van der Waals surface area (Å²) in [6.45, 7) is 4.62. The summed E-state index contributed by atoms with van der Waals surface area (Å²) >= 11 is 0. The summed E-state index contributed by atoms with van der Waals surface area (Å²) in [5, 5.41) is 10.9. The van der Waals surface area contributed by atoms with E-state index in [1.165, 1.54) is 0 Å². The van der Waals surface area contributed by atoms with Gasteiger partial charge in [-0.3, -0.25) is 4.79 Å². The molecule has 3 aromatic rings. The predicted molar refractivity (Wildman–Crippen MR) is 112 cm³/mol. The largest absolute Gasteiger partial charge is 0.389 e. The highest BCUT2D eigenvalue weighted by molar-refractivity contribution is 5.78. The van der Waals surface area contributed by atoms with Crippen LogP contribution in [0, 0.1) is 6.92 Å². The number of aromatic nitrogens is 4. The molecule has 2 heterocycles. The van der Waals surface area contributed by atoms with Crippen molar-refractivity contribution in [1.82, 2.24) is 24.0 Å². The van der Waals surface area contributed by atoms with E-state index >= 15 is 0 Å². The fourth-order valence-corrected chi connectivity index (χ4v) is 4.62. The van der Waals surface area contributed by atoms with E-state index in [4.69, 9.17) is 0 Å². The molecule has 1 aromatic carbocycles. The molecular weight excluding hydrogens is 366 g/mol. The Morgan fingerprint density at radius 1 is 1.31 bits per heavy atom. The summed E-state index contributed by atoms with van der Waals surface area (Å²) in [6.07, 6.45) is 5.92. The zero-order valence-corrected chi connectivity index (χ0v) is 17.3. The van der Waals surface area contributed by atoms with Gasteiger partial charge in [-0.1, -0.05) is 19.1 Å². The van der Waals surface area contributed by atoms with E-state index in [-0.39, 0.29) is 18.0 Å². The van der Waals surface area contributed by atoms with Crippen LogP contribution < -0.4 is 0 Å². The van der Waals surface area contributed by atoms with Crippen molar-refractivity contribution in [2.75, 3.05) is 7.05 Å². The maximum atomic E-state index is 12.9. The van der Waals surface area contributed by atoms with E-state index in [1.807, 2.05) is 42.9 Å². The van der Waals surface area contributed by atoms with Crippen LogP contribution in [0.2, 0.25) is 0 Å². The number of aliphatic hydroxyl groups excluding tert-OH is 1. The molecule has 154 valence electrons. The van der Waals surface area contributed by atoms with Gasteiger partial charge in [0.25, 0.3) is 0 Å². The molecule has 7 nitrogen and oxygen atoms in total. The molecule has 0 unspecified atom stereocenters. The minimum Gasteiger partial charge on any atom is -0.389 e. The number of imidazole rings is 2. The first kappa shape index (κ1) is 19.6. The number of rotatable bonds is 6. The van der Waals surface area contributed by atoms with Crippen molar-refractivity contribution in [1.29, 1.82) is 0 Å². The monoisotopic (exact) mass is 395 g/mol. The lowest BCUT2D eigenvalue weighted by Gasteiger charge is -2.29. The van der Waals surface area contributed by atoms with Crippen molar-refractivity contribution >= 4 is 16.9 Å². The molecule has 1 saturated carbocycles. The fraction of sp³-hybridized carbons (Fsp3) is 0.500. The van der Waals surface area contributed by atoms with Gasteiger partial charge in [-0.15, -0.1) is 0 Å². The SMILES string of the molecule is CCc1nc2ccccc2n1CCC(=O)N(C)[C@@H]1CC[C@@H](n2ccnc2C)[C@@H]1O. The minimum absolute atomic E-state index is 0.0259. The number of aryl methyl sites for hydroxylation is 3. The van der Waals surface area contributed by atoms with Gasteiger partial charge in [-0.25, -0.2) is 9.97 Å². The smallest absolute Gasteiger partial charge is 0.224 e. The van der Waals surface area contributed by atoms with Crippen molar-refractivity contribution in [3.63, 3.8) is 0 Å². The van der Waals surface area contributed by atoms with Gasteiger partial charge in [0.05, 0.1) is 29.2 Å². The van der Waals surface area contributed by atoms with Crippen LogP contribution in [-0.4, -0.2) is 54.2 Å². The molecule has 1 amide bonds. The van der Waals surface area contributed by atoms with Crippen LogP contribution in [0.1, 0.15) is 43.9 Å². The van der Waals surface area contributed by atoms with Gasteiger partial charge in [-0.2, -0.15) is 0 Å². The number of nitrogens with zero attached hydrogens (tertiary/aromatic N) is 5. The van der Waals surface area contributed by atoms with Gasteiger partial charge in [0.2, 0.25) is 5.91 Å². The molecule has 4 rings (SSSR count). The average Bonchev–Trinajstić information content (AvgIpc) is 3.41. The number of likely N-dealkylation sites (N-methyl/N-ethyl adjacent to an activating group) is 1. The molecule has 0 saturated heterocycles. The Kier molecular flexibility index (Phi) is 5.41. The summed E-state index contributed by atoms with van der Waals surface area (Å²) in [6, 6.07) is 7.85. The summed E-state index contributed by atoms with van der Waals surface area (Å²) in [5.41, 5.74) is 2.03. The Bertz CT molecular complexity index is 1010. The molecular formula is C22H29N5O2. The number of carbonyl (C=O) groups excluding carboxylic acids is 1. The first-order valence-corrected chi connectivity index (χ1v) is 10.4. The van der Waals surface area contributed by atoms with E-state index in [0.29, 0.717) is 13.0 Å². The number of amides is 1. The molecule has 0 spiro atoms. The predicted octanol–water partition coefficient (Wildman–Crippen LogP) is 2.72. The number of fused-ring (bicyclic) bond motifs is 1. The molecule has 3 atom stereocenters. The zero-order valence-electron chi connectivity index (χ0n) is 17.3. The van der Waals surface area contributed by atoms with Gasteiger partial charge >= 0.3 is 0 Å². The molecule has 1 fully saturated rings. The topological polar surface area (TPSA) is 76.2 Å². The first-order chi connectivity index (χ1) is 14.0. The lowest BCUT2D eigenvalue weighted by Crippen LogP contribution is -2.43. The number of benzene rings is 1. The van der Waals surface area contributed by atoms with Gasteiger partial charge in [0.15, 0.2) is 0 Å². The maximum absolute atomic E-state index is 12.9. The molecule has 0 bridgehead atoms. The second-order valence-electron chi connectivity index (χ2n) is 7.86. The normalized spacial score (nSPS) is 21.7. The molecule has 2 aromatic heterocycles. The van der Waals surface area contributed by atoms with Gasteiger partial charge in [-0.05, 0) is 31.9 Å². The van der Waals surface area contributed by atoms with E-state index in [9.17, 15) is 9.90 Å². The van der Waals surface area contributed by atoms with E-state index in [1.54, 1.807) is 11.1 Å². The molecule has 1 aliphatic carbocycles. The molecule has 1 aliphatic rings. The highest BCUT2D eigenvalue weighted by atomic mass is 16.3. The Hall–Kier alpha value is -2.67. The van der Waals surface area contributed by atoms with Crippen molar-refractivity contribution in [2.24, 2.45) is 0 Å². The lowest BCUT2D eigenvalue weighted by molar-refractivity contribution is -0.134. The molecule has 0 radical (unpaired) electrons. The third-order valence-electron chi connectivity index (χ3n) is 6.26. The standard InChI is InChI=1S/C22H29N5O2/c1-4-20-24-16-7-5-6-8-17(16)27(20)13-11-21(28)25(3)18-9-10-19(22(18)29)26-14-12-23-15(26)2/h5-8,12,14,18-19,22,29H,4,9-11,13H2,1-3H3/t18-,19-,22-/m1/s1. The first-order valence-electron chi connectivity index (χ1n) is 10.4. The maximum Gasteiger partial charge on any atom is 0.224 e. The van der Waals surface area contributed by atoms with Crippen LogP contribution in [0.5, 0.6) is 0 Å². The van der Waals surface area contributed by atoms with Crippen molar-refractivity contribution in [3.8, 4) is 0 Å². The van der Waals surface area contributed by atoms with Gasteiger partial charge in [0.1, 0.15) is 11.6 Å². The molecule has 0 aliphatic heterocycles. The highest BCUT2D eigenvalue weighted by Crippen LogP contribution is 2.34. The summed E-state index contributed by atoms with van der Waals surface area (Å²) < 4.78 is 4.16. The van der Waals surface area contributed by atoms with Crippen LogP contribution in [0.4, 0.5) is 0 Å². The third-order valence-corrected chi connectivity index (χ3v) is 6.26. The number of carbonyl (C=O) groups is 1. The quantitative estimate of drug-likeness (QED) is 0.696. The average molecular weight is 396 g/mol. The Morgan fingerprint density at radius 2 is 2.10 bits per heavy atom. The zero-order chi connectivity index (χ0) is 20.5.